The van der Waals surface area contributed by atoms with Crippen LogP contribution in [0, 0.1) is 0 Å². The van der Waals surface area contributed by atoms with Gasteiger partial charge in [0.2, 0.25) is 0 Å². The summed E-state index contributed by atoms with van der Waals surface area (Å²) >= 11 is 0. The van der Waals surface area contributed by atoms with Crippen molar-refractivity contribution in [3.8, 4) is 0 Å². The number of ether oxygens (including phenoxy) is 1. The molecule has 3 rings (SSSR count). The van der Waals surface area contributed by atoms with Gasteiger partial charge in [0.25, 0.3) is 5.91 Å². The molecule has 0 aliphatic rings. The first-order valence-electron chi connectivity index (χ1n) is 9.54. The first kappa shape index (κ1) is 20.2. The number of imidazole rings is 1. The van der Waals surface area contributed by atoms with E-state index in [-0.39, 0.29) is 5.69 Å². The summed E-state index contributed by atoms with van der Waals surface area (Å²) in [5.41, 5.74) is 2.44. The zero-order chi connectivity index (χ0) is 20.8. The molecule has 0 aliphatic carbocycles. The van der Waals surface area contributed by atoms with Gasteiger partial charge in [0, 0.05) is 17.9 Å². The summed E-state index contributed by atoms with van der Waals surface area (Å²) in [7, 11) is 0. The Morgan fingerprint density at radius 2 is 1.86 bits per heavy atom. The van der Waals surface area contributed by atoms with E-state index < -0.39 is 18.0 Å². The molecule has 29 heavy (non-hydrogen) atoms. The molecular formula is C21H24N4O4. The Hall–Kier alpha value is -3.55. The minimum atomic E-state index is -0.993. The van der Waals surface area contributed by atoms with Gasteiger partial charge in [-0.2, -0.15) is 0 Å². The minimum Gasteiger partial charge on any atom is -0.449 e. The number of nitrogens with one attached hydrogen (secondary N) is 4. The highest BCUT2D eigenvalue weighted by Gasteiger charge is 2.21. The van der Waals surface area contributed by atoms with E-state index in [1.807, 2.05) is 12.1 Å². The molecule has 0 fully saturated rings. The fraction of sp³-hybridized carbons (Fsp3) is 0.286. The molecule has 0 saturated heterocycles. The average Bonchev–Trinajstić information content (AvgIpc) is 3.07. The lowest BCUT2D eigenvalue weighted by molar-refractivity contribution is -0.123. The summed E-state index contributed by atoms with van der Waals surface area (Å²) < 4.78 is 5.35. The van der Waals surface area contributed by atoms with Crippen LogP contribution in [0.5, 0.6) is 0 Å². The molecule has 8 nitrogen and oxygen atoms in total. The van der Waals surface area contributed by atoms with Gasteiger partial charge in [-0.1, -0.05) is 25.5 Å². The van der Waals surface area contributed by atoms with Crippen LogP contribution in [0.4, 0.5) is 11.4 Å². The fourth-order valence-corrected chi connectivity index (χ4v) is 2.85. The Balaban J connectivity index is 1.64. The van der Waals surface area contributed by atoms with Gasteiger partial charge in [-0.05, 0) is 43.7 Å². The highest BCUT2D eigenvalue weighted by molar-refractivity contribution is 6.00. The second-order valence-corrected chi connectivity index (χ2v) is 6.70. The Kier molecular flexibility index (Phi) is 6.33. The zero-order valence-electron chi connectivity index (χ0n) is 16.4. The molecule has 8 heteroatoms. The first-order chi connectivity index (χ1) is 14.0. The maximum atomic E-state index is 12.6. The number of benzene rings is 2. The quantitative estimate of drug-likeness (QED) is 0.345. The molecule has 1 atom stereocenters. The predicted molar refractivity (Wildman–Crippen MR) is 112 cm³/mol. The third kappa shape index (κ3) is 5.04. The average molecular weight is 396 g/mol. The molecule has 1 heterocycles. The van der Waals surface area contributed by atoms with Crippen LogP contribution in [0.1, 0.15) is 37.0 Å². The van der Waals surface area contributed by atoms with E-state index in [9.17, 15) is 14.4 Å². The monoisotopic (exact) mass is 396 g/mol. The van der Waals surface area contributed by atoms with E-state index >= 15 is 0 Å². The van der Waals surface area contributed by atoms with Gasteiger partial charge >= 0.3 is 11.7 Å². The number of unbranched alkanes of at least 4 members (excludes halogenated alkanes) is 1. The minimum absolute atomic E-state index is 0.322. The molecule has 0 saturated carbocycles. The van der Waals surface area contributed by atoms with Crippen molar-refractivity contribution >= 4 is 34.3 Å². The summed E-state index contributed by atoms with van der Waals surface area (Å²) in [4.78, 5) is 41.6. The lowest BCUT2D eigenvalue weighted by Crippen LogP contribution is -2.30. The van der Waals surface area contributed by atoms with Crippen molar-refractivity contribution in [2.75, 3.05) is 17.2 Å². The van der Waals surface area contributed by atoms with Crippen LogP contribution in [0.2, 0.25) is 0 Å². The predicted octanol–water partition coefficient (Wildman–Crippen LogP) is 3.25. The van der Waals surface area contributed by atoms with Crippen molar-refractivity contribution in [1.29, 1.82) is 0 Å². The topological polar surface area (TPSA) is 116 Å². The molecule has 0 unspecified atom stereocenters. The lowest BCUT2D eigenvalue weighted by atomic mass is 10.1. The summed E-state index contributed by atoms with van der Waals surface area (Å²) in [6.07, 6.45) is 1.03. The van der Waals surface area contributed by atoms with Gasteiger partial charge < -0.3 is 25.3 Å². The Morgan fingerprint density at radius 1 is 1.10 bits per heavy atom. The van der Waals surface area contributed by atoms with Crippen molar-refractivity contribution in [3.05, 3.63) is 58.5 Å². The summed E-state index contributed by atoms with van der Waals surface area (Å²) in [5, 5.41) is 5.91. The number of aromatic amines is 2. The second kappa shape index (κ2) is 9.09. The van der Waals surface area contributed by atoms with Crippen LogP contribution >= 0.6 is 0 Å². The number of fused-ring (bicyclic) bond motifs is 1. The number of anilines is 2. The van der Waals surface area contributed by atoms with E-state index in [1.54, 1.807) is 30.3 Å². The smallest absolute Gasteiger partial charge is 0.341 e. The number of hydrogen-bond acceptors (Lipinski definition) is 5. The third-order valence-electron chi connectivity index (χ3n) is 4.43. The highest BCUT2D eigenvalue weighted by atomic mass is 16.5. The Morgan fingerprint density at radius 3 is 2.66 bits per heavy atom. The molecule has 1 amide bonds. The number of aromatic nitrogens is 2. The van der Waals surface area contributed by atoms with Crippen molar-refractivity contribution in [2.45, 2.75) is 32.8 Å². The van der Waals surface area contributed by atoms with Crippen LogP contribution in [-0.2, 0) is 9.53 Å². The van der Waals surface area contributed by atoms with Gasteiger partial charge in [0.05, 0.1) is 16.6 Å². The third-order valence-corrected chi connectivity index (χ3v) is 4.43. The first-order valence-corrected chi connectivity index (χ1v) is 9.54. The van der Waals surface area contributed by atoms with Crippen LogP contribution < -0.4 is 16.3 Å². The Bertz CT molecular complexity index is 1070. The molecule has 1 aromatic heterocycles. The zero-order valence-corrected chi connectivity index (χ0v) is 16.4. The van der Waals surface area contributed by atoms with Gasteiger partial charge in [0.15, 0.2) is 6.10 Å². The van der Waals surface area contributed by atoms with E-state index in [4.69, 9.17) is 4.74 Å². The van der Waals surface area contributed by atoms with Crippen LogP contribution in [0.25, 0.3) is 11.0 Å². The van der Waals surface area contributed by atoms with E-state index in [2.05, 4.69) is 27.5 Å². The van der Waals surface area contributed by atoms with Gasteiger partial charge in [0.1, 0.15) is 0 Å². The molecule has 0 radical (unpaired) electrons. The summed E-state index contributed by atoms with van der Waals surface area (Å²) in [5.74, 6) is -1.04. The second-order valence-electron chi connectivity index (χ2n) is 6.70. The molecular weight excluding hydrogens is 372 g/mol. The molecule has 0 aliphatic heterocycles. The van der Waals surface area contributed by atoms with Crippen molar-refractivity contribution in [1.82, 2.24) is 9.97 Å². The van der Waals surface area contributed by atoms with Crippen LogP contribution in [0.15, 0.2) is 47.3 Å². The molecule has 0 spiro atoms. The number of rotatable bonds is 8. The highest BCUT2D eigenvalue weighted by Crippen LogP contribution is 2.18. The summed E-state index contributed by atoms with van der Waals surface area (Å²) in [6, 6.07) is 12.0. The van der Waals surface area contributed by atoms with E-state index in [1.165, 1.54) is 6.92 Å². The number of carbonyl (C=O) groups excluding carboxylic acids is 2. The van der Waals surface area contributed by atoms with E-state index in [0.717, 1.165) is 19.4 Å². The number of carbonyl (C=O) groups is 2. The molecule has 152 valence electrons. The summed E-state index contributed by atoms with van der Waals surface area (Å²) in [6.45, 7) is 4.35. The molecule has 4 N–H and O–H groups in total. The van der Waals surface area contributed by atoms with Gasteiger partial charge in [-0.25, -0.2) is 9.59 Å². The van der Waals surface area contributed by atoms with Crippen molar-refractivity contribution in [2.24, 2.45) is 0 Å². The molecule has 2 aromatic carbocycles. The lowest BCUT2D eigenvalue weighted by Gasteiger charge is -2.16. The van der Waals surface area contributed by atoms with Crippen molar-refractivity contribution < 1.29 is 14.3 Å². The standard InChI is InChI=1S/C21H24N4O4/c1-3-4-11-22-16-8-6-5-7-15(16)20(27)29-13(2)19(26)23-14-9-10-17-18(12-14)25-21(28)24-17/h5-10,12-13,22H,3-4,11H2,1-2H3,(H,23,26)(H2,24,25,28)/t13-/m0/s1. The number of para-hydroxylation sites is 1. The Labute approximate surface area is 167 Å². The van der Waals surface area contributed by atoms with Crippen LogP contribution in [0.3, 0.4) is 0 Å². The number of H-pyrrole nitrogens is 2. The fourth-order valence-electron chi connectivity index (χ4n) is 2.85. The van der Waals surface area contributed by atoms with E-state index in [0.29, 0.717) is 28.0 Å². The van der Waals surface area contributed by atoms with Gasteiger partial charge in [-0.15, -0.1) is 0 Å². The number of esters is 1. The number of amides is 1. The number of hydrogen-bond donors (Lipinski definition) is 4. The maximum absolute atomic E-state index is 12.6. The molecule has 3 aromatic rings. The normalized spacial score (nSPS) is 11.8. The van der Waals surface area contributed by atoms with Gasteiger partial charge in [-0.3, -0.25) is 4.79 Å². The van der Waals surface area contributed by atoms with Crippen LogP contribution in [-0.4, -0.2) is 34.5 Å². The van der Waals surface area contributed by atoms with Crippen molar-refractivity contribution in [3.63, 3.8) is 0 Å². The largest absolute Gasteiger partial charge is 0.449 e. The SMILES string of the molecule is CCCCNc1ccccc1C(=O)O[C@@H](C)C(=O)Nc1ccc2[nH]c(=O)[nH]c2c1. The molecule has 0 bridgehead atoms. The maximum Gasteiger partial charge on any atom is 0.341 e.